The molecule has 0 saturated carbocycles. The van der Waals surface area contributed by atoms with Gasteiger partial charge >= 0.3 is 5.97 Å². The number of nitrogens with one attached hydrogen (secondary N) is 1. The molecule has 2 aromatic rings. The van der Waals surface area contributed by atoms with E-state index in [0.717, 1.165) is 5.56 Å². The Labute approximate surface area is 173 Å². The number of benzene rings is 1. The van der Waals surface area contributed by atoms with Crippen molar-refractivity contribution >= 4 is 40.3 Å². The third-order valence-corrected chi connectivity index (χ3v) is 4.76. The van der Waals surface area contributed by atoms with E-state index >= 15 is 0 Å². The van der Waals surface area contributed by atoms with Gasteiger partial charge in [-0.15, -0.1) is 0 Å². The first-order chi connectivity index (χ1) is 13.3. The minimum atomic E-state index is -0.419. The van der Waals surface area contributed by atoms with E-state index < -0.39 is 5.97 Å². The van der Waals surface area contributed by atoms with Gasteiger partial charge in [-0.25, -0.2) is 9.78 Å². The Morgan fingerprint density at radius 1 is 1.39 bits per heavy atom. The van der Waals surface area contributed by atoms with Crippen molar-refractivity contribution in [1.82, 2.24) is 4.98 Å². The molecule has 9 heteroatoms. The summed E-state index contributed by atoms with van der Waals surface area (Å²) in [5, 5.41) is 5.10. The molecule has 0 bridgehead atoms. The van der Waals surface area contributed by atoms with Crippen LogP contribution in [0.4, 0.5) is 5.13 Å². The smallest absolute Gasteiger partial charge is 0.350 e. The SMILES string of the molecule is CCOc1cc(/C=N\Nc2nc(C)c(C(=O)OC)s2)cc(Cl)c1OCC(C)C. The van der Waals surface area contributed by atoms with Crippen molar-refractivity contribution in [3.8, 4) is 11.5 Å². The lowest BCUT2D eigenvalue weighted by atomic mass is 10.2. The molecular weight excluding hydrogens is 402 g/mol. The molecular formula is C19H24ClN3O4S. The minimum absolute atomic E-state index is 0.368. The summed E-state index contributed by atoms with van der Waals surface area (Å²) >= 11 is 7.55. The first kappa shape index (κ1) is 22.0. The highest BCUT2D eigenvalue weighted by atomic mass is 35.5. The van der Waals surface area contributed by atoms with Crippen molar-refractivity contribution in [2.45, 2.75) is 27.7 Å². The lowest BCUT2D eigenvalue weighted by Crippen LogP contribution is -2.07. The zero-order valence-electron chi connectivity index (χ0n) is 16.5. The van der Waals surface area contributed by atoms with Crippen molar-refractivity contribution in [1.29, 1.82) is 0 Å². The van der Waals surface area contributed by atoms with Gasteiger partial charge in [0.1, 0.15) is 4.88 Å². The van der Waals surface area contributed by atoms with Gasteiger partial charge in [-0.3, -0.25) is 5.43 Å². The minimum Gasteiger partial charge on any atom is -0.490 e. The summed E-state index contributed by atoms with van der Waals surface area (Å²) in [6, 6.07) is 3.56. The quantitative estimate of drug-likeness (QED) is 0.354. The molecule has 0 aliphatic heterocycles. The molecule has 28 heavy (non-hydrogen) atoms. The summed E-state index contributed by atoms with van der Waals surface area (Å²) in [7, 11) is 1.33. The number of thiazole rings is 1. The van der Waals surface area contributed by atoms with Gasteiger partial charge in [0.2, 0.25) is 5.13 Å². The Hall–Kier alpha value is -2.32. The highest BCUT2D eigenvalue weighted by Crippen LogP contribution is 2.36. The van der Waals surface area contributed by atoms with E-state index in [9.17, 15) is 4.79 Å². The van der Waals surface area contributed by atoms with Crippen LogP contribution in [0.5, 0.6) is 11.5 Å². The standard InChI is InChI=1S/C19H24ClN3O4S/c1-6-26-15-8-13(7-14(20)16(15)27-10-11(2)3)9-21-23-19-22-12(4)17(28-19)18(24)25-5/h7-9,11H,6,10H2,1-5H3,(H,22,23)/b21-9-. The Kier molecular flexibility index (Phi) is 8.07. The fourth-order valence-corrected chi connectivity index (χ4v) is 3.31. The molecule has 0 atom stereocenters. The molecule has 1 N–H and O–H groups in total. The molecule has 0 aliphatic rings. The zero-order valence-corrected chi connectivity index (χ0v) is 18.1. The van der Waals surface area contributed by atoms with Gasteiger partial charge in [0, 0.05) is 0 Å². The van der Waals surface area contributed by atoms with Crippen molar-refractivity contribution in [2.24, 2.45) is 11.0 Å². The van der Waals surface area contributed by atoms with Gasteiger partial charge < -0.3 is 14.2 Å². The molecule has 0 fully saturated rings. The molecule has 0 amide bonds. The number of methoxy groups -OCH3 is 1. The number of ether oxygens (including phenoxy) is 3. The number of carbonyl (C=O) groups is 1. The number of carbonyl (C=O) groups excluding carboxylic acids is 1. The van der Waals surface area contributed by atoms with Gasteiger partial charge in [0.15, 0.2) is 11.5 Å². The zero-order chi connectivity index (χ0) is 20.7. The third kappa shape index (κ3) is 5.84. The number of halogens is 1. The predicted octanol–water partition coefficient (Wildman–Crippen LogP) is 4.77. The molecule has 0 radical (unpaired) electrons. The average molecular weight is 426 g/mol. The number of esters is 1. The van der Waals surface area contributed by atoms with Crippen LogP contribution in [0, 0.1) is 12.8 Å². The summed E-state index contributed by atoms with van der Waals surface area (Å²) in [6.07, 6.45) is 1.59. The third-order valence-electron chi connectivity index (χ3n) is 3.43. The molecule has 2 rings (SSSR count). The highest BCUT2D eigenvalue weighted by molar-refractivity contribution is 7.17. The Morgan fingerprint density at radius 2 is 2.14 bits per heavy atom. The summed E-state index contributed by atoms with van der Waals surface area (Å²) in [5.74, 6) is 1.04. The van der Waals surface area contributed by atoms with Crippen LogP contribution in [0.3, 0.4) is 0 Å². The van der Waals surface area contributed by atoms with Crippen LogP contribution in [-0.2, 0) is 4.74 Å². The van der Waals surface area contributed by atoms with Crippen LogP contribution in [0.25, 0.3) is 0 Å². The van der Waals surface area contributed by atoms with E-state index in [4.69, 9.17) is 25.8 Å². The Morgan fingerprint density at radius 3 is 2.79 bits per heavy atom. The second-order valence-corrected chi connectivity index (χ2v) is 7.67. The Bertz CT molecular complexity index is 852. The number of hydrogen-bond donors (Lipinski definition) is 1. The summed E-state index contributed by atoms with van der Waals surface area (Å²) in [4.78, 5) is 16.3. The average Bonchev–Trinajstić information content (AvgIpc) is 3.01. The van der Waals surface area contributed by atoms with Crippen molar-refractivity contribution < 1.29 is 19.0 Å². The molecule has 7 nitrogen and oxygen atoms in total. The van der Waals surface area contributed by atoms with E-state index in [-0.39, 0.29) is 0 Å². The Balaban J connectivity index is 2.16. The van der Waals surface area contributed by atoms with Crippen LogP contribution < -0.4 is 14.9 Å². The van der Waals surface area contributed by atoms with Crippen LogP contribution in [0.15, 0.2) is 17.2 Å². The molecule has 1 aromatic heterocycles. The number of rotatable bonds is 9. The van der Waals surface area contributed by atoms with Crippen molar-refractivity contribution in [3.63, 3.8) is 0 Å². The van der Waals surface area contributed by atoms with Gasteiger partial charge in [0.25, 0.3) is 0 Å². The fraction of sp³-hybridized carbons (Fsp3) is 0.421. The molecule has 152 valence electrons. The van der Waals surface area contributed by atoms with Gasteiger partial charge in [-0.2, -0.15) is 5.10 Å². The molecule has 1 aromatic carbocycles. The first-order valence-electron chi connectivity index (χ1n) is 8.79. The first-order valence-corrected chi connectivity index (χ1v) is 9.99. The summed E-state index contributed by atoms with van der Waals surface area (Å²) < 4.78 is 16.2. The maximum atomic E-state index is 11.6. The van der Waals surface area contributed by atoms with Crippen LogP contribution in [-0.4, -0.2) is 37.5 Å². The predicted molar refractivity (Wildman–Crippen MR) is 112 cm³/mol. The van der Waals surface area contributed by atoms with E-state index in [1.54, 1.807) is 19.2 Å². The maximum Gasteiger partial charge on any atom is 0.350 e. The summed E-state index contributed by atoms with van der Waals surface area (Å²) in [6.45, 7) is 8.79. The second kappa shape index (κ2) is 10.3. The van der Waals surface area contributed by atoms with E-state index in [1.807, 2.05) is 13.0 Å². The number of aromatic nitrogens is 1. The lowest BCUT2D eigenvalue weighted by Gasteiger charge is -2.15. The monoisotopic (exact) mass is 425 g/mol. The molecule has 0 spiro atoms. The largest absolute Gasteiger partial charge is 0.490 e. The maximum absolute atomic E-state index is 11.6. The molecule has 0 saturated heterocycles. The normalized spacial score (nSPS) is 11.1. The summed E-state index contributed by atoms with van der Waals surface area (Å²) in [5.41, 5.74) is 4.13. The topological polar surface area (TPSA) is 82.0 Å². The van der Waals surface area contributed by atoms with Crippen LogP contribution >= 0.6 is 22.9 Å². The lowest BCUT2D eigenvalue weighted by molar-refractivity contribution is 0.0605. The van der Waals surface area contributed by atoms with Crippen LogP contribution in [0.1, 0.15) is 41.7 Å². The van der Waals surface area contributed by atoms with Gasteiger partial charge in [0.05, 0.1) is 37.3 Å². The van der Waals surface area contributed by atoms with Crippen molar-refractivity contribution in [2.75, 3.05) is 25.7 Å². The second-order valence-electron chi connectivity index (χ2n) is 6.26. The number of hydrazone groups is 1. The van der Waals surface area contributed by atoms with Gasteiger partial charge in [-0.05, 0) is 37.5 Å². The molecule has 0 unspecified atom stereocenters. The van der Waals surface area contributed by atoms with Crippen molar-refractivity contribution in [3.05, 3.63) is 33.3 Å². The fourth-order valence-electron chi connectivity index (χ4n) is 2.20. The van der Waals surface area contributed by atoms with Gasteiger partial charge in [-0.1, -0.05) is 36.8 Å². The van der Waals surface area contributed by atoms with Crippen LogP contribution in [0.2, 0.25) is 5.02 Å². The number of anilines is 1. The molecule has 1 heterocycles. The number of nitrogens with zero attached hydrogens (tertiary/aromatic N) is 2. The van der Waals surface area contributed by atoms with E-state index in [1.165, 1.54) is 18.4 Å². The van der Waals surface area contributed by atoms with E-state index in [0.29, 0.717) is 51.4 Å². The number of aryl methyl sites for hydroxylation is 1. The highest BCUT2D eigenvalue weighted by Gasteiger charge is 2.15. The molecule has 0 aliphatic carbocycles. The number of hydrogen-bond acceptors (Lipinski definition) is 8. The van der Waals surface area contributed by atoms with E-state index in [2.05, 4.69) is 29.4 Å².